The van der Waals surface area contributed by atoms with Gasteiger partial charge in [0.15, 0.2) is 17.3 Å². The number of halogens is 1. The Hall–Kier alpha value is -3.97. The van der Waals surface area contributed by atoms with Crippen LogP contribution in [0.5, 0.6) is 28.7 Å². The van der Waals surface area contributed by atoms with E-state index in [1.807, 2.05) is 48.5 Å². The number of hydrogen-bond donors (Lipinski definition) is 1. The highest BCUT2D eigenvalue weighted by atomic mass is 79.9. The van der Waals surface area contributed by atoms with Gasteiger partial charge in [0.05, 0.1) is 13.0 Å². The van der Waals surface area contributed by atoms with Gasteiger partial charge in [0.25, 0.3) is 0 Å². The molecule has 0 amide bonds. The number of carbonyl (C=O) groups is 1. The zero-order chi connectivity index (χ0) is 25.5. The van der Waals surface area contributed by atoms with E-state index in [4.69, 9.17) is 18.9 Å². The number of phenols is 1. The lowest BCUT2D eigenvalue weighted by molar-refractivity contribution is 0.0632. The number of fused-ring (bicyclic) bond motifs is 2. The fourth-order valence-corrected chi connectivity index (χ4v) is 5.53. The second-order valence-corrected chi connectivity index (χ2v) is 9.91. The smallest absolute Gasteiger partial charge is 0.231 e. The monoisotopic (exact) mass is 558 g/mol. The van der Waals surface area contributed by atoms with Crippen molar-refractivity contribution in [2.75, 3.05) is 13.9 Å². The summed E-state index contributed by atoms with van der Waals surface area (Å²) in [5.74, 6) is 1.35. The lowest BCUT2D eigenvalue weighted by Gasteiger charge is -2.40. The van der Waals surface area contributed by atoms with E-state index in [2.05, 4.69) is 15.9 Å². The summed E-state index contributed by atoms with van der Waals surface area (Å²) in [6.45, 7) is 0.119. The second-order valence-electron chi connectivity index (χ2n) is 8.99. The van der Waals surface area contributed by atoms with Gasteiger partial charge in [0, 0.05) is 33.1 Å². The summed E-state index contributed by atoms with van der Waals surface area (Å²) in [5.41, 5.74) is 2.82. The van der Waals surface area contributed by atoms with Crippen LogP contribution >= 0.6 is 15.9 Å². The van der Waals surface area contributed by atoms with Crippen LogP contribution in [0.15, 0.2) is 89.4 Å². The predicted molar refractivity (Wildman–Crippen MR) is 141 cm³/mol. The summed E-state index contributed by atoms with van der Waals surface area (Å²) in [7, 11) is 1.62. The number of phenolic OH excluding ortho intramolecular Hbond substituents is 1. The number of methoxy groups -OCH3 is 1. The number of ether oxygens (including phenoxy) is 4. The van der Waals surface area contributed by atoms with Gasteiger partial charge in [0.1, 0.15) is 23.4 Å². The van der Waals surface area contributed by atoms with Crippen LogP contribution in [0, 0.1) is 5.92 Å². The minimum Gasteiger partial charge on any atom is -0.508 e. The van der Waals surface area contributed by atoms with Crippen molar-refractivity contribution in [3.05, 3.63) is 112 Å². The Morgan fingerprint density at radius 3 is 2.35 bits per heavy atom. The van der Waals surface area contributed by atoms with Gasteiger partial charge in [-0.2, -0.15) is 0 Å². The number of ketones is 1. The topological polar surface area (TPSA) is 74.2 Å². The molecule has 3 atom stereocenters. The van der Waals surface area contributed by atoms with Crippen LogP contribution in [-0.4, -0.2) is 24.8 Å². The molecular weight excluding hydrogens is 536 g/mol. The Kier molecular flexibility index (Phi) is 6.00. The molecule has 0 unspecified atom stereocenters. The largest absolute Gasteiger partial charge is 0.508 e. The van der Waals surface area contributed by atoms with Crippen molar-refractivity contribution in [1.82, 2.24) is 0 Å². The first kappa shape index (κ1) is 23.4. The van der Waals surface area contributed by atoms with Crippen LogP contribution in [0.25, 0.3) is 0 Å². The third kappa shape index (κ3) is 4.19. The number of Topliss-reactive ketones (excluding diaryl/α,β-unsaturated/α-hetero) is 1. The third-order valence-corrected chi connectivity index (χ3v) is 7.40. The predicted octanol–water partition coefficient (Wildman–Crippen LogP) is 6.66. The van der Waals surface area contributed by atoms with Gasteiger partial charge in [-0.15, -0.1) is 0 Å². The van der Waals surface area contributed by atoms with Crippen molar-refractivity contribution in [3.63, 3.8) is 0 Å². The molecule has 6 rings (SSSR count). The SMILES string of the molecule is COc1ccc([C@@H]2c3cc4c(cc3O[C@H](c3cc(Br)ccc3O)[C@H]2C(=O)c2ccccc2)OCO4)cc1. The quantitative estimate of drug-likeness (QED) is 0.276. The average molecular weight is 559 g/mol. The molecule has 6 nitrogen and oxygen atoms in total. The van der Waals surface area contributed by atoms with E-state index in [-0.39, 0.29) is 18.3 Å². The highest BCUT2D eigenvalue weighted by Crippen LogP contribution is 2.54. The molecule has 0 aromatic heterocycles. The van der Waals surface area contributed by atoms with Crippen molar-refractivity contribution in [3.8, 4) is 28.7 Å². The Labute approximate surface area is 222 Å². The maximum absolute atomic E-state index is 14.3. The summed E-state index contributed by atoms with van der Waals surface area (Å²) in [5, 5.41) is 10.9. The molecular formula is C30H23BrO6. The fraction of sp³-hybridized carbons (Fsp3) is 0.167. The number of rotatable bonds is 5. The van der Waals surface area contributed by atoms with Crippen LogP contribution < -0.4 is 18.9 Å². The van der Waals surface area contributed by atoms with E-state index in [9.17, 15) is 9.90 Å². The molecule has 37 heavy (non-hydrogen) atoms. The average Bonchev–Trinajstić information content (AvgIpc) is 3.39. The maximum atomic E-state index is 14.3. The number of benzene rings is 4. The molecule has 7 heteroatoms. The highest BCUT2D eigenvalue weighted by Gasteiger charge is 2.46. The second kappa shape index (κ2) is 9.48. The normalized spacial score (nSPS) is 19.6. The highest BCUT2D eigenvalue weighted by molar-refractivity contribution is 9.10. The van der Waals surface area contributed by atoms with Gasteiger partial charge >= 0.3 is 0 Å². The van der Waals surface area contributed by atoms with E-state index < -0.39 is 17.9 Å². The summed E-state index contributed by atoms with van der Waals surface area (Å²) >= 11 is 3.51. The van der Waals surface area contributed by atoms with E-state index in [1.54, 1.807) is 43.5 Å². The molecule has 0 saturated carbocycles. The van der Waals surface area contributed by atoms with Gasteiger partial charge < -0.3 is 24.1 Å². The first-order valence-electron chi connectivity index (χ1n) is 11.9. The minimum absolute atomic E-state index is 0.0525. The molecule has 2 heterocycles. The van der Waals surface area contributed by atoms with E-state index >= 15 is 0 Å². The van der Waals surface area contributed by atoms with E-state index in [0.29, 0.717) is 34.1 Å². The molecule has 2 aliphatic rings. The summed E-state index contributed by atoms with van der Waals surface area (Å²) < 4.78 is 24.0. The van der Waals surface area contributed by atoms with Gasteiger partial charge in [-0.05, 0) is 42.0 Å². The molecule has 0 spiro atoms. The van der Waals surface area contributed by atoms with Gasteiger partial charge in [0.2, 0.25) is 6.79 Å². The van der Waals surface area contributed by atoms with Gasteiger partial charge in [-0.1, -0.05) is 58.4 Å². The summed E-state index contributed by atoms with van der Waals surface area (Å²) in [6.07, 6.45) is -0.773. The third-order valence-electron chi connectivity index (χ3n) is 6.91. The standard InChI is InChI=1S/C30H23BrO6/c1-34-20-10-7-17(8-11-20)27-22-14-25-26(36-16-35-25)15-24(22)37-30(21-13-19(31)9-12-23(21)32)28(27)29(33)18-5-3-2-4-6-18/h2-15,27-28,30,32H,16H2,1H3/t27-,28-,30-/m1/s1. The lowest BCUT2D eigenvalue weighted by atomic mass is 9.71. The van der Waals surface area contributed by atoms with Crippen molar-refractivity contribution in [1.29, 1.82) is 0 Å². The molecule has 4 aromatic rings. The van der Waals surface area contributed by atoms with Crippen molar-refractivity contribution >= 4 is 21.7 Å². The van der Waals surface area contributed by atoms with Crippen LogP contribution in [0.4, 0.5) is 0 Å². The van der Waals surface area contributed by atoms with Gasteiger partial charge in [-0.25, -0.2) is 0 Å². The van der Waals surface area contributed by atoms with Crippen LogP contribution in [0.2, 0.25) is 0 Å². The zero-order valence-electron chi connectivity index (χ0n) is 19.9. The Balaban J connectivity index is 1.60. The van der Waals surface area contributed by atoms with E-state index in [1.165, 1.54) is 0 Å². The molecule has 0 bridgehead atoms. The molecule has 2 aliphatic heterocycles. The first-order valence-corrected chi connectivity index (χ1v) is 12.6. The maximum Gasteiger partial charge on any atom is 0.231 e. The molecule has 0 saturated heterocycles. The summed E-state index contributed by atoms with van der Waals surface area (Å²) in [6, 6.07) is 25.7. The minimum atomic E-state index is -0.773. The van der Waals surface area contributed by atoms with Crippen molar-refractivity contribution < 1.29 is 28.8 Å². The van der Waals surface area contributed by atoms with Crippen molar-refractivity contribution in [2.24, 2.45) is 5.92 Å². The molecule has 1 N–H and O–H groups in total. The van der Waals surface area contributed by atoms with E-state index in [0.717, 1.165) is 15.6 Å². The molecule has 0 fully saturated rings. The van der Waals surface area contributed by atoms with Crippen LogP contribution in [-0.2, 0) is 0 Å². The van der Waals surface area contributed by atoms with Crippen LogP contribution in [0.1, 0.15) is 39.1 Å². The lowest BCUT2D eigenvalue weighted by Crippen LogP contribution is -2.36. The van der Waals surface area contributed by atoms with Gasteiger partial charge in [-0.3, -0.25) is 4.79 Å². The molecule has 0 radical (unpaired) electrons. The molecule has 4 aromatic carbocycles. The number of carbonyl (C=O) groups excluding carboxylic acids is 1. The molecule has 0 aliphatic carbocycles. The Morgan fingerprint density at radius 2 is 1.62 bits per heavy atom. The van der Waals surface area contributed by atoms with Crippen molar-refractivity contribution in [2.45, 2.75) is 12.0 Å². The fourth-order valence-electron chi connectivity index (χ4n) is 5.15. The Morgan fingerprint density at radius 1 is 0.892 bits per heavy atom. The van der Waals surface area contributed by atoms with Crippen LogP contribution in [0.3, 0.4) is 0 Å². The summed E-state index contributed by atoms with van der Waals surface area (Å²) in [4.78, 5) is 14.3. The number of aromatic hydroxyl groups is 1. The zero-order valence-corrected chi connectivity index (χ0v) is 21.5. The Bertz CT molecular complexity index is 1470. The molecule has 186 valence electrons. The number of hydrogen-bond acceptors (Lipinski definition) is 6. The first-order chi connectivity index (χ1) is 18.0.